The number of aromatic nitrogens is 4. The molecular weight excluding hydrogens is 204 g/mol. The lowest BCUT2D eigenvalue weighted by Gasteiger charge is -2.35. The molecule has 0 radical (unpaired) electrons. The molecule has 1 aliphatic rings. The van der Waals surface area contributed by atoms with E-state index in [9.17, 15) is 0 Å². The van der Waals surface area contributed by atoms with Crippen LogP contribution in [0.15, 0.2) is 0 Å². The lowest BCUT2D eigenvalue weighted by molar-refractivity contribution is 0.167. The summed E-state index contributed by atoms with van der Waals surface area (Å²) in [5.74, 6) is 0.911. The van der Waals surface area contributed by atoms with Crippen molar-refractivity contribution in [2.45, 2.75) is 12.6 Å². The number of halogens is 1. The quantitative estimate of drug-likeness (QED) is 0.708. The van der Waals surface area contributed by atoms with E-state index in [2.05, 4.69) is 32.8 Å². The molecule has 7 heteroatoms. The van der Waals surface area contributed by atoms with E-state index in [1.165, 1.54) is 0 Å². The number of likely N-dealkylation sites (N-methyl/N-ethyl adjacent to an activating group) is 1. The molecule has 1 aromatic heterocycles. The molecule has 0 atom stereocenters. The van der Waals surface area contributed by atoms with Crippen LogP contribution in [-0.2, 0) is 13.6 Å². The normalized spacial score (nSPS) is 16.5. The molecule has 0 amide bonds. The van der Waals surface area contributed by atoms with E-state index in [1.807, 2.05) is 7.05 Å². The average Bonchev–Trinajstić information content (AvgIpc) is 2.32. The van der Waals surface area contributed by atoms with Gasteiger partial charge in [0.25, 0.3) is 0 Å². The molecule has 0 bridgehead atoms. The van der Waals surface area contributed by atoms with Crippen LogP contribution in [0, 0.1) is 0 Å². The first-order valence-electron chi connectivity index (χ1n) is 4.39. The van der Waals surface area contributed by atoms with Gasteiger partial charge >= 0.3 is 0 Å². The van der Waals surface area contributed by atoms with Crippen molar-refractivity contribution in [3.8, 4) is 0 Å². The van der Waals surface area contributed by atoms with Crippen molar-refractivity contribution in [3.05, 3.63) is 5.82 Å². The van der Waals surface area contributed by atoms with E-state index in [0.717, 1.165) is 25.5 Å². The number of hydrogen-bond acceptors (Lipinski definition) is 5. The summed E-state index contributed by atoms with van der Waals surface area (Å²) < 4.78 is 1.71. The first-order chi connectivity index (χ1) is 6.27. The summed E-state index contributed by atoms with van der Waals surface area (Å²) >= 11 is 0. The number of aryl methyl sites for hydroxylation is 1. The van der Waals surface area contributed by atoms with Gasteiger partial charge in [0.05, 0.1) is 6.54 Å². The third kappa shape index (κ3) is 2.20. The van der Waals surface area contributed by atoms with Crippen molar-refractivity contribution in [1.82, 2.24) is 30.4 Å². The predicted molar refractivity (Wildman–Crippen MR) is 54.2 cm³/mol. The summed E-state index contributed by atoms with van der Waals surface area (Å²) in [6, 6.07) is 0.636. The molecule has 1 aromatic rings. The Kier molecular flexibility index (Phi) is 3.79. The van der Waals surface area contributed by atoms with Crippen molar-refractivity contribution in [3.63, 3.8) is 0 Å². The lowest BCUT2D eigenvalue weighted by Crippen LogP contribution is -2.55. The molecule has 0 aliphatic carbocycles. The number of rotatable bonds is 3. The van der Waals surface area contributed by atoms with Crippen LogP contribution in [-0.4, -0.2) is 51.3 Å². The fourth-order valence-corrected chi connectivity index (χ4v) is 1.32. The van der Waals surface area contributed by atoms with E-state index in [0.29, 0.717) is 6.04 Å². The molecule has 0 aromatic carbocycles. The van der Waals surface area contributed by atoms with Crippen molar-refractivity contribution in [1.29, 1.82) is 0 Å². The Bertz CT molecular complexity index is 283. The number of tetrazole rings is 1. The maximum Gasteiger partial charge on any atom is 0.164 e. The van der Waals surface area contributed by atoms with E-state index in [-0.39, 0.29) is 12.4 Å². The van der Waals surface area contributed by atoms with Crippen LogP contribution in [0.3, 0.4) is 0 Å². The van der Waals surface area contributed by atoms with Gasteiger partial charge in [-0.15, -0.1) is 17.5 Å². The Morgan fingerprint density at radius 3 is 2.71 bits per heavy atom. The molecule has 0 saturated carbocycles. The molecule has 1 N–H and O–H groups in total. The Labute approximate surface area is 89.1 Å². The van der Waals surface area contributed by atoms with Crippen molar-refractivity contribution < 1.29 is 0 Å². The number of hydrogen-bond donors (Lipinski definition) is 1. The van der Waals surface area contributed by atoms with Gasteiger partial charge in [-0.25, -0.2) is 4.68 Å². The van der Waals surface area contributed by atoms with Crippen molar-refractivity contribution in [2.75, 3.05) is 20.1 Å². The highest BCUT2D eigenvalue weighted by Crippen LogP contribution is 2.05. The summed E-state index contributed by atoms with van der Waals surface area (Å²) in [4.78, 5) is 2.27. The Morgan fingerprint density at radius 1 is 1.57 bits per heavy atom. The third-order valence-corrected chi connectivity index (χ3v) is 2.48. The molecule has 2 heterocycles. The van der Waals surface area contributed by atoms with Crippen LogP contribution >= 0.6 is 12.4 Å². The smallest absolute Gasteiger partial charge is 0.164 e. The van der Waals surface area contributed by atoms with Crippen LogP contribution in [0.4, 0.5) is 0 Å². The van der Waals surface area contributed by atoms with Crippen molar-refractivity contribution >= 4 is 12.4 Å². The first-order valence-corrected chi connectivity index (χ1v) is 4.39. The molecule has 2 rings (SSSR count). The van der Waals surface area contributed by atoms with Gasteiger partial charge in [-0.05, 0) is 17.5 Å². The molecule has 0 unspecified atom stereocenters. The monoisotopic (exact) mass is 218 g/mol. The van der Waals surface area contributed by atoms with Crippen LogP contribution in [0.25, 0.3) is 0 Å². The van der Waals surface area contributed by atoms with Gasteiger partial charge in [0, 0.05) is 26.2 Å². The van der Waals surface area contributed by atoms with Gasteiger partial charge in [0.1, 0.15) is 0 Å². The summed E-state index contributed by atoms with van der Waals surface area (Å²) in [6.45, 7) is 2.96. The Morgan fingerprint density at radius 2 is 2.29 bits per heavy atom. The zero-order valence-corrected chi connectivity index (χ0v) is 9.16. The van der Waals surface area contributed by atoms with Crippen LogP contribution in [0.2, 0.25) is 0 Å². The van der Waals surface area contributed by atoms with Crippen molar-refractivity contribution in [2.24, 2.45) is 7.05 Å². The van der Waals surface area contributed by atoms with Gasteiger partial charge in [-0.1, -0.05) is 0 Å². The largest absolute Gasteiger partial charge is 0.314 e. The van der Waals surface area contributed by atoms with Gasteiger partial charge < -0.3 is 5.32 Å². The minimum atomic E-state index is 0. The fraction of sp³-hybridized carbons (Fsp3) is 0.857. The molecule has 80 valence electrons. The van der Waals surface area contributed by atoms with Gasteiger partial charge in [0.2, 0.25) is 0 Å². The highest BCUT2D eigenvalue weighted by atomic mass is 35.5. The zero-order valence-electron chi connectivity index (χ0n) is 8.34. The fourth-order valence-electron chi connectivity index (χ4n) is 1.32. The maximum absolute atomic E-state index is 3.94. The highest BCUT2D eigenvalue weighted by molar-refractivity contribution is 5.85. The molecule has 1 fully saturated rings. The van der Waals surface area contributed by atoms with E-state index in [4.69, 9.17) is 0 Å². The molecule has 6 nitrogen and oxygen atoms in total. The topological polar surface area (TPSA) is 58.9 Å². The predicted octanol–water partition coefficient (Wildman–Crippen LogP) is -0.964. The molecular formula is C7H15ClN6. The summed E-state index contributed by atoms with van der Waals surface area (Å²) in [7, 11) is 3.96. The highest BCUT2D eigenvalue weighted by Gasteiger charge is 2.22. The number of nitrogens with one attached hydrogen (secondary N) is 1. The summed E-state index contributed by atoms with van der Waals surface area (Å²) in [5.41, 5.74) is 0. The average molecular weight is 219 g/mol. The van der Waals surface area contributed by atoms with E-state index >= 15 is 0 Å². The van der Waals surface area contributed by atoms with Crippen LogP contribution in [0.1, 0.15) is 5.82 Å². The van der Waals surface area contributed by atoms with E-state index in [1.54, 1.807) is 4.68 Å². The number of nitrogens with zero attached hydrogens (tertiary/aromatic N) is 5. The molecule has 1 saturated heterocycles. The molecule has 14 heavy (non-hydrogen) atoms. The van der Waals surface area contributed by atoms with Gasteiger partial charge in [0.15, 0.2) is 5.82 Å². The summed E-state index contributed by atoms with van der Waals surface area (Å²) in [5, 5.41) is 14.6. The van der Waals surface area contributed by atoms with Crippen LogP contribution < -0.4 is 5.32 Å². The SMILES string of the molecule is CN(Cc1nnnn1C)C1CNC1.Cl. The standard InChI is InChI=1S/C7H14N6.ClH/c1-12(6-3-8-4-6)5-7-9-10-11-13(7)2;/h6,8H,3-5H2,1-2H3;1H. The zero-order chi connectivity index (χ0) is 9.26. The molecule has 1 aliphatic heterocycles. The minimum Gasteiger partial charge on any atom is -0.314 e. The lowest BCUT2D eigenvalue weighted by atomic mass is 10.1. The second-order valence-corrected chi connectivity index (χ2v) is 3.45. The Balaban J connectivity index is 0.000000980. The molecule has 0 spiro atoms. The van der Waals surface area contributed by atoms with Gasteiger partial charge in [-0.3, -0.25) is 4.90 Å². The Hall–Kier alpha value is -0.720. The van der Waals surface area contributed by atoms with Crippen LogP contribution in [0.5, 0.6) is 0 Å². The second kappa shape index (κ2) is 4.68. The van der Waals surface area contributed by atoms with Gasteiger partial charge in [-0.2, -0.15) is 0 Å². The first kappa shape index (κ1) is 11.4. The minimum absolute atomic E-state index is 0. The van der Waals surface area contributed by atoms with E-state index < -0.39 is 0 Å². The maximum atomic E-state index is 3.94. The summed E-state index contributed by atoms with van der Waals surface area (Å²) in [6.07, 6.45) is 0. The third-order valence-electron chi connectivity index (χ3n) is 2.48. The second-order valence-electron chi connectivity index (χ2n) is 3.45.